The molecule has 0 unspecified atom stereocenters. The van der Waals surface area contributed by atoms with Crippen molar-refractivity contribution in [2.45, 2.75) is 19.3 Å². The number of hydrogen-bond acceptors (Lipinski definition) is 6. The first-order chi connectivity index (χ1) is 16.0. The highest BCUT2D eigenvalue weighted by Crippen LogP contribution is 2.46. The fraction of sp³-hybridized carbons (Fsp3) is 0.200. The second-order valence-corrected chi connectivity index (χ2v) is 10.8. The summed E-state index contributed by atoms with van der Waals surface area (Å²) < 4.78 is 37.1. The molecular formula is C25H22N2O6S. The lowest BCUT2D eigenvalue weighted by Crippen LogP contribution is -2.18. The topological polar surface area (TPSA) is 118 Å². The monoisotopic (exact) mass is 478 g/mol. The second-order valence-electron chi connectivity index (χ2n) is 9.06. The summed E-state index contributed by atoms with van der Waals surface area (Å²) in [6.07, 6.45) is 2.61. The average Bonchev–Trinajstić information content (AvgIpc) is 3.07. The first-order valence-electron chi connectivity index (χ1n) is 10.6. The molecule has 8 nitrogen and oxygen atoms in total. The molecule has 4 aromatic rings. The van der Waals surface area contributed by atoms with E-state index < -0.39 is 15.6 Å². The minimum atomic E-state index is -3.49. The van der Waals surface area contributed by atoms with Crippen LogP contribution < -0.4 is 20.6 Å². The number of pyridine rings is 1. The minimum absolute atomic E-state index is 0.226. The van der Waals surface area contributed by atoms with Crippen LogP contribution in [0.25, 0.3) is 33.2 Å². The van der Waals surface area contributed by atoms with Gasteiger partial charge in [0.05, 0.1) is 23.8 Å². The molecule has 1 aliphatic heterocycles. The van der Waals surface area contributed by atoms with Crippen molar-refractivity contribution in [3.8, 4) is 28.2 Å². The van der Waals surface area contributed by atoms with Gasteiger partial charge >= 0.3 is 5.63 Å². The fourth-order valence-electron chi connectivity index (χ4n) is 4.20. The third kappa shape index (κ3) is 3.88. The fourth-order valence-corrected chi connectivity index (χ4v) is 4.75. The van der Waals surface area contributed by atoms with Gasteiger partial charge in [-0.2, -0.15) is 0 Å². The van der Waals surface area contributed by atoms with Gasteiger partial charge in [-0.15, -0.1) is 0 Å². The third-order valence-corrected chi connectivity index (χ3v) is 6.46. The van der Waals surface area contributed by atoms with Crippen LogP contribution in [0.3, 0.4) is 0 Å². The molecule has 0 radical (unpaired) electrons. The molecule has 2 N–H and O–H groups in total. The van der Waals surface area contributed by atoms with E-state index in [4.69, 9.17) is 9.15 Å². The van der Waals surface area contributed by atoms with Gasteiger partial charge < -0.3 is 14.1 Å². The Bertz CT molecular complexity index is 1680. The SMILES string of the molecule is CC1(C)COc2c(-c3cc4ccc(NS(C)(=O)=O)cc4c(=O)o3)cc(-c3ccc[nH]c3=O)cc21. The summed E-state index contributed by atoms with van der Waals surface area (Å²) >= 11 is 0. The van der Waals surface area contributed by atoms with Crippen molar-refractivity contribution in [3.05, 3.63) is 81.1 Å². The number of aromatic amines is 1. The predicted molar refractivity (Wildman–Crippen MR) is 131 cm³/mol. The van der Waals surface area contributed by atoms with Gasteiger partial charge in [-0.25, -0.2) is 13.2 Å². The Hall–Kier alpha value is -3.85. The number of H-pyrrole nitrogens is 1. The Morgan fingerprint density at radius 3 is 2.56 bits per heavy atom. The predicted octanol–water partition coefficient (Wildman–Crippen LogP) is 3.86. The van der Waals surface area contributed by atoms with E-state index in [0.717, 1.165) is 11.8 Å². The molecule has 174 valence electrons. The Kier molecular flexibility index (Phi) is 4.91. The maximum Gasteiger partial charge on any atom is 0.344 e. The van der Waals surface area contributed by atoms with Crippen LogP contribution in [-0.4, -0.2) is 26.3 Å². The van der Waals surface area contributed by atoms with Gasteiger partial charge in [-0.1, -0.05) is 19.9 Å². The van der Waals surface area contributed by atoms with Crippen LogP contribution in [0.1, 0.15) is 19.4 Å². The number of rotatable bonds is 4. The van der Waals surface area contributed by atoms with Crippen LogP contribution in [0.15, 0.2) is 68.7 Å². The van der Waals surface area contributed by atoms with Crippen LogP contribution in [0.5, 0.6) is 5.75 Å². The summed E-state index contributed by atoms with van der Waals surface area (Å²) in [7, 11) is -3.49. The number of aromatic nitrogens is 1. The van der Waals surface area contributed by atoms with Crippen LogP contribution in [-0.2, 0) is 15.4 Å². The zero-order valence-corrected chi connectivity index (χ0v) is 19.6. The van der Waals surface area contributed by atoms with Crippen LogP contribution in [0, 0.1) is 0 Å². The zero-order valence-electron chi connectivity index (χ0n) is 18.8. The van der Waals surface area contributed by atoms with Crippen molar-refractivity contribution in [2.75, 3.05) is 17.6 Å². The van der Waals surface area contributed by atoms with E-state index in [2.05, 4.69) is 23.6 Å². The lowest BCUT2D eigenvalue weighted by Gasteiger charge is -2.17. The lowest BCUT2D eigenvalue weighted by atomic mass is 9.84. The number of benzene rings is 2. The van der Waals surface area contributed by atoms with Crippen molar-refractivity contribution in [1.82, 2.24) is 4.98 Å². The Morgan fingerprint density at radius 2 is 1.82 bits per heavy atom. The lowest BCUT2D eigenvalue weighted by molar-refractivity contribution is 0.291. The van der Waals surface area contributed by atoms with Crippen molar-refractivity contribution in [2.24, 2.45) is 0 Å². The summed E-state index contributed by atoms with van der Waals surface area (Å²) in [4.78, 5) is 28.1. The van der Waals surface area contributed by atoms with Gasteiger partial charge in [0.15, 0.2) is 0 Å². The van der Waals surface area contributed by atoms with E-state index in [-0.39, 0.29) is 22.0 Å². The Morgan fingerprint density at radius 1 is 1.03 bits per heavy atom. The van der Waals surface area contributed by atoms with E-state index in [1.807, 2.05) is 6.07 Å². The van der Waals surface area contributed by atoms with Crippen LogP contribution >= 0.6 is 0 Å². The molecule has 0 atom stereocenters. The number of nitrogens with one attached hydrogen (secondary N) is 2. The highest BCUT2D eigenvalue weighted by atomic mass is 32.2. The second kappa shape index (κ2) is 7.59. The molecule has 0 aliphatic carbocycles. The normalized spacial score (nSPS) is 14.6. The third-order valence-electron chi connectivity index (χ3n) is 5.86. The molecule has 0 spiro atoms. The number of anilines is 1. The van der Waals surface area contributed by atoms with Crippen molar-refractivity contribution < 1.29 is 17.6 Å². The average molecular weight is 479 g/mol. The first kappa shape index (κ1) is 22.0. The molecule has 2 aromatic heterocycles. The zero-order chi connectivity index (χ0) is 24.3. The van der Waals surface area contributed by atoms with E-state index >= 15 is 0 Å². The van der Waals surface area contributed by atoms with Gasteiger partial charge in [0.25, 0.3) is 5.56 Å². The summed E-state index contributed by atoms with van der Waals surface area (Å²) in [5.74, 6) is 0.906. The summed E-state index contributed by atoms with van der Waals surface area (Å²) in [5, 5.41) is 0.824. The minimum Gasteiger partial charge on any atom is -0.492 e. The van der Waals surface area contributed by atoms with Crippen molar-refractivity contribution >= 4 is 26.5 Å². The maximum absolute atomic E-state index is 12.9. The molecule has 34 heavy (non-hydrogen) atoms. The molecule has 9 heteroatoms. The molecule has 2 aromatic carbocycles. The number of fused-ring (bicyclic) bond motifs is 2. The standard InChI is InChI=1S/C25H22N2O6S/c1-25(2)13-32-22-19(9-15(10-20(22)25)17-5-4-8-26-23(17)28)21-11-14-6-7-16(27-34(3,30)31)12-18(14)24(29)33-21/h4-12,27H,13H2,1-3H3,(H,26,28). The number of sulfonamides is 1. The molecule has 0 saturated heterocycles. The van der Waals surface area contributed by atoms with E-state index in [1.165, 1.54) is 6.07 Å². The van der Waals surface area contributed by atoms with Crippen molar-refractivity contribution in [3.63, 3.8) is 0 Å². The summed E-state index contributed by atoms with van der Waals surface area (Å²) in [6, 6.07) is 13.6. The molecule has 5 rings (SSSR count). The molecular weight excluding hydrogens is 456 g/mol. The Labute approximate surface area is 195 Å². The largest absolute Gasteiger partial charge is 0.492 e. The quantitative estimate of drug-likeness (QED) is 0.460. The van der Waals surface area contributed by atoms with Crippen LogP contribution in [0.2, 0.25) is 0 Å². The highest BCUT2D eigenvalue weighted by molar-refractivity contribution is 7.92. The molecule has 0 saturated carbocycles. The molecule has 1 aliphatic rings. The smallest absolute Gasteiger partial charge is 0.344 e. The number of ether oxygens (including phenoxy) is 1. The summed E-state index contributed by atoms with van der Waals surface area (Å²) in [5.41, 5.74) is 1.79. The Balaban J connectivity index is 1.73. The van der Waals surface area contributed by atoms with Gasteiger partial charge in [0, 0.05) is 28.4 Å². The highest BCUT2D eigenvalue weighted by Gasteiger charge is 2.35. The van der Waals surface area contributed by atoms with Crippen molar-refractivity contribution in [1.29, 1.82) is 0 Å². The molecule has 3 heterocycles. The first-order valence-corrected chi connectivity index (χ1v) is 12.5. The van der Waals surface area contributed by atoms with E-state index in [9.17, 15) is 18.0 Å². The molecule has 0 amide bonds. The molecule has 0 fully saturated rings. The van der Waals surface area contributed by atoms with Crippen LogP contribution in [0.4, 0.5) is 5.69 Å². The number of hydrogen-bond donors (Lipinski definition) is 2. The van der Waals surface area contributed by atoms with Gasteiger partial charge in [-0.05, 0) is 53.4 Å². The van der Waals surface area contributed by atoms with E-state index in [1.54, 1.807) is 42.6 Å². The van der Waals surface area contributed by atoms with E-state index in [0.29, 0.717) is 40.2 Å². The maximum atomic E-state index is 12.9. The van der Waals surface area contributed by atoms with Gasteiger partial charge in [-0.3, -0.25) is 9.52 Å². The van der Waals surface area contributed by atoms with Gasteiger partial charge in [0.1, 0.15) is 11.5 Å². The molecule has 0 bridgehead atoms. The summed E-state index contributed by atoms with van der Waals surface area (Å²) in [6.45, 7) is 4.55. The van der Waals surface area contributed by atoms with Gasteiger partial charge in [0.2, 0.25) is 10.0 Å².